The third-order valence-corrected chi connectivity index (χ3v) is 3.15. The number of aromatic nitrogens is 3. The Morgan fingerprint density at radius 3 is 3.00 bits per heavy atom. The maximum absolute atomic E-state index is 13.1. The predicted octanol–water partition coefficient (Wildman–Crippen LogP) is 1.52. The van der Waals surface area contributed by atoms with E-state index in [1.807, 2.05) is 0 Å². The molecule has 0 aliphatic carbocycles. The van der Waals surface area contributed by atoms with E-state index in [1.165, 1.54) is 24.4 Å². The minimum absolute atomic E-state index is 0.155. The van der Waals surface area contributed by atoms with Crippen molar-refractivity contribution < 1.29 is 14.3 Å². The Hall–Kier alpha value is -2.80. The Labute approximate surface area is 125 Å². The van der Waals surface area contributed by atoms with E-state index < -0.39 is 0 Å². The van der Waals surface area contributed by atoms with Gasteiger partial charge in [-0.2, -0.15) is 0 Å². The molecule has 0 aliphatic rings. The van der Waals surface area contributed by atoms with Crippen molar-refractivity contribution in [3.8, 4) is 0 Å². The third-order valence-electron chi connectivity index (χ3n) is 3.15. The van der Waals surface area contributed by atoms with E-state index >= 15 is 0 Å². The van der Waals surface area contributed by atoms with E-state index in [9.17, 15) is 9.18 Å². The molecule has 0 bridgehead atoms. The molecule has 1 amide bonds. The molecule has 3 rings (SSSR count). The number of pyridine rings is 1. The zero-order valence-electron chi connectivity index (χ0n) is 11.5. The van der Waals surface area contributed by atoms with Crippen LogP contribution in [0.15, 0.2) is 36.5 Å². The molecule has 0 aliphatic heterocycles. The van der Waals surface area contributed by atoms with Gasteiger partial charge in [-0.15, -0.1) is 0 Å². The molecule has 7 heteroatoms. The lowest BCUT2D eigenvalue weighted by molar-refractivity contribution is 0.0945. The van der Waals surface area contributed by atoms with Crippen LogP contribution in [-0.4, -0.2) is 26.0 Å². The van der Waals surface area contributed by atoms with Crippen molar-refractivity contribution in [2.45, 2.75) is 13.2 Å². The number of aliphatic hydroxyl groups is 1. The largest absolute Gasteiger partial charge is 0.392 e. The first-order valence-corrected chi connectivity index (χ1v) is 6.64. The van der Waals surface area contributed by atoms with E-state index in [0.717, 1.165) is 0 Å². The van der Waals surface area contributed by atoms with Crippen LogP contribution in [-0.2, 0) is 13.2 Å². The second-order valence-electron chi connectivity index (χ2n) is 4.74. The Morgan fingerprint density at radius 2 is 2.18 bits per heavy atom. The zero-order chi connectivity index (χ0) is 15.5. The highest BCUT2D eigenvalue weighted by Crippen LogP contribution is 2.12. The number of halogens is 1. The van der Waals surface area contributed by atoms with Gasteiger partial charge in [-0.1, -0.05) is 0 Å². The Balaban J connectivity index is 1.71. The van der Waals surface area contributed by atoms with Crippen molar-refractivity contribution in [1.82, 2.24) is 20.3 Å². The quantitative estimate of drug-likeness (QED) is 0.681. The molecule has 22 heavy (non-hydrogen) atoms. The van der Waals surface area contributed by atoms with Crippen LogP contribution in [0.1, 0.15) is 21.9 Å². The van der Waals surface area contributed by atoms with Gasteiger partial charge in [-0.05, 0) is 35.9 Å². The van der Waals surface area contributed by atoms with Crippen LogP contribution in [0, 0.1) is 5.82 Å². The van der Waals surface area contributed by atoms with Crippen molar-refractivity contribution in [2.24, 2.45) is 0 Å². The fourth-order valence-corrected chi connectivity index (χ4v) is 2.07. The number of nitrogens with zero attached hydrogens (tertiary/aromatic N) is 2. The van der Waals surface area contributed by atoms with Gasteiger partial charge in [0, 0.05) is 6.20 Å². The summed E-state index contributed by atoms with van der Waals surface area (Å²) in [6, 6.07) is 7.39. The average Bonchev–Trinajstić information content (AvgIpc) is 2.94. The summed E-state index contributed by atoms with van der Waals surface area (Å²) in [6.45, 7) is 0.0120. The standard InChI is InChI=1S/C15H13FN4O2/c16-10-1-2-11-12(6-10)20-14(19-11)7-18-15(22)13-5-9(8-21)3-4-17-13/h1-6,21H,7-8H2,(H,18,22)(H,19,20). The summed E-state index contributed by atoms with van der Waals surface area (Å²) in [5.74, 6) is -0.203. The lowest BCUT2D eigenvalue weighted by Gasteiger charge is -2.03. The molecule has 0 fully saturated rings. The third kappa shape index (κ3) is 2.94. The second kappa shape index (κ2) is 5.90. The maximum Gasteiger partial charge on any atom is 0.270 e. The first-order chi connectivity index (χ1) is 10.7. The predicted molar refractivity (Wildman–Crippen MR) is 77.4 cm³/mol. The smallest absolute Gasteiger partial charge is 0.270 e. The van der Waals surface area contributed by atoms with Crippen molar-refractivity contribution in [2.75, 3.05) is 0 Å². The molecule has 0 spiro atoms. The van der Waals surface area contributed by atoms with Crippen LogP contribution < -0.4 is 5.32 Å². The van der Waals surface area contributed by atoms with Crippen LogP contribution in [0.3, 0.4) is 0 Å². The van der Waals surface area contributed by atoms with Gasteiger partial charge in [0.25, 0.3) is 5.91 Å². The van der Waals surface area contributed by atoms with E-state index in [1.54, 1.807) is 12.1 Å². The van der Waals surface area contributed by atoms with Crippen LogP contribution in [0.5, 0.6) is 0 Å². The summed E-state index contributed by atoms with van der Waals surface area (Å²) in [5.41, 5.74) is 2.03. The number of hydrogen-bond donors (Lipinski definition) is 3. The maximum atomic E-state index is 13.1. The molecule has 0 radical (unpaired) electrons. The monoisotopic (exact) mass is 300 g/mol. The number of amides is 1. The number of aliphatic hydroxyl groups excluding tert-OH is 1. The van der Waals surface area contributed by atoms with E-state index in [0.29, 0.717) is 22.4 Å². The lowest BCUT2D eigenvalue weighted by Crippen LogP contribution is -2.24. The minimum atomic E-state index is -0.373. The number of carbonyl (C=O) groups excluding carboxylic acids is 1. The molecule has 0 atom stereocenters. The minimum Gasteiger partial charge on any atom is -0.392 e. The molecule has 3 N–H and O–H groups in total. The fraction of sp³-hybridized carbons (Fsp3) is 0.133. The number of carbonyl (C=O) groups is 1. The Bertz CT molecular complexity index is 831. The normalized spacial score (nSPS) is 10.8. The van der Waals surface area contributed by atoms with Crippen LogP contribution in [0.4, 0.5) is 4.39 Å². The molecular formula is C15H13FN4O2. The number of imidazole rings is 1. The summed E-state index contributed by atoms with van der Waals surface area (Å²) in [6.07, 6.45) is 1.46. The van der Waals surface area contributed by atoms with E-state index in [2.05, 4.69) is 20.3 Å². The molecule has 0 saturated heterocycles. The highest BCUT2D eigenvalue weighted by atomic mass is 19.1. The van der Waals surface area contributed by atoms with Gasteiger partial charge in [0.1, 0.15) is 17.3 Å². The Morgan fingerprint density at radius 1 is 1.32 bits per heavy atom. The van der Waals surface area contributed by atoms with Gasteiger partial charge in [0.15, 0.2) is 0 Å². The molecule has 1 aromatic carbocycles. The summed E-state index contributed by atoms with van der Waals surface area (Å²) >= 11 is 0. The van der Waals surface area contributed by atoms with Gasteiger partial charge >= 0.3 is 0 Å². The number of nitrogens with one attached hydrogen (secondary N) is 2. The van der Waals surface area contributed by atoms with Crippen LogP contribution in [0.2, 0.25) is 0 Å². The van der Waals surface area contributed by atoms with Crippen molar-refractivity contribution in [3.63, 3.8) is 0 Å². The highest BCUT2D eigenvalue weighted by molar-refractivity contribution is 5.92. The summed E-state index contributed by atoms with van der Waals surface area (Å²) < 4.78 is 13.1. The fourth-order valence-electron chi connectivity index (χ4n) is 2.07. The van der Waals surface area contributed by atoms with Crippen LogP contribution >= 0.6 is 0 Å². The van der Waals surface area contributed by atoms with Gasteiger partial charge in [-0.25, -0.2) is 9.37 Å². The number of fused-ring (bicyclic) bond motifs is 1. The number of benzene rings is 1. The van der Waals surface area contributed by atoms with Gasteiger partial charge < -0.3 is 15.4 Å². The van der Waals surface area contributed by atoms with Gasteiger partial charge in [0.2, 0.25) is 0 Å². The first-order valence-electron chi connectivity index (χ1n) is 6.64. The summed E-state index contributed by atoms with van der Waals surface area (Å²) in [4.78, 5) is 23.1. The highest BCUT2D eigenvalue weighted by Gasteiger charge is 2.09. The van der Waals surface area contributed by atoms with Gasteiger partial charge in [0.05, 0.1) is 24.2 Å². The molecule has 0 saturated carbocycles. The number of aromatic amines is 1. The zero-order valence-corrected chi connectivity index (χ0v) is 11.5. The molecule has 0 unspecified atom stereocenters. The number of hydrogen-bond acceptors (Lipinski definition) is 4. The molecule has 112 valence electrons. The average molecular weight is 300 g/mol. The van der Waals surface area contributed by atoms with Crippen molar-refractivity contribution in [1.29, 1.82) is 0 Å². The lowest BCUT2D eigenvalue weighted by atomic mass is 10.2. The molecular weight excluding hydrogens is 287 g/mol. The molecule has 6 nitrogen and oxygen atoms in total. The van der Waals surface area contributed by atoms with Crippen molar-refractivity contribution >= 4 is 16.9 Å². The van der Waals surface area contributed by atoms with E-state index in [4.69, 9.17) is 5.11 Å². The van der Waals surface area contributed by atoms with E-state index in [-0.39, 0.29) is 30.6 Å². The molecule has 2 aromatic heterocycles. The summed E-state index contributed by atoms with van der Waals surface area (Å²) in [5, 5.41) is 11.7. The SMILES string of the molecule is O=C(NCc1nc2ccc(F)cc2[nH]1)c1cc(CO)ccn1. The molecule has 3 aromatic rings. The topological polar surface area (TPSA) is 90.9 Å². The second-order valence-corrected chi connectivity index (χ2v) is 4.74. The molecule has 2 heterocycles. The number of rotatable bonds is 4. The summed E-state index contributed by atoms with van der Waals surface area (Å²) in [7, 11) is 0. The van der Waals surface area contributed by atoms with Crippen LogP contribution in [0.25, 0.3) is 11.0 Å². The van der Waals surface area contributed by atoms with Gasteiger partial charge in [-0.3, -0.25) is 9.78 Å². The van der Waals surface area contributed by atoms with Crippen molar-refractivity contribution in [3.05, 3.63) is 59.4 Å². The Kier molecular flexibility index (Phi) is 3.80. The first kappa shape index (κ1) is 14.2. The number of H-pyrrole nitrogens is 1.